The predicted octanol–water partition coefficient (Wildman–Crippen LogP) is -0.799. The van der Waals surface area contributed by atoms with Crippen molar-refractivity contribution >= 4 is 23.2 Å². The summed E-state index contributed by atoms with van der Waals surface area (Å²) in [5.41, 5.74) is 0. The normalized spacial score (nSPS) is 8.64. The Bertz CT molecular complexity index is 244. The molecule has 0 amide bonds. The van der Waals surface area contributed by atoms with Gasteiger partial charge in [0.05, 0.1) is 7.11 Å². The molecule has 0 saturated heterocycles. The summed E-state index contributed by atoms with van der Waals surface area (Å²) in [4.78, 5) is 3.76. The first-order valence-electron chi connectivity index (χ1n) is 2.51. The van der Waals surface area contributed by atoms with E-state index in [2.05, 4.69) is 11.1 Å². The van der Waals surface area contributed by atoms with Gasteiger partial charge in [-0.25, -0.2) is 11.6 Å². The van der Waals surface area contributed by atoms with Crippen LogP contribution in [0.2, 0.25) is 10.0 Å². The van der Waals surface area contributed by atoms with Gasteiger partial charge in [0.2, 0.25) is 0 Å². The molecule has 0 aromatic carbocycles. The molecule has 5 heteroatoms. The van der Waals surface area contributed by atoms with Crippen molar-refractivity contribution in [2.75, 3.05) is 7.11 Å². The first-order valence-corrected chi connectivity index (χ1v) is 3.27. The van der Waals surface area contributed by atoms with Crippen molar-refractivity contribution < 1.29 is 23.6 Å². The second-order valence-corrected chi connectivity index (χ2v) is 2.34. The van der Waals surface area contributed by atoms with Gasteiger partial charge in [-0.05, 0) is 6.20 Å². The Morgan fingerprint density at radius 2 is 2.18 bits per heavy atom. The number of hydrogen-bond acceptors (Lipinski definition) is 2. The number of nitrogens with zero attached hydrogens (tertiary/aromatic N) is 1. The van der Waals surface area contributed by atoms with Crippen molar-refractivity contribution in [1.29, 1.82) is 0 Å². The van der Waals surface area contributed by atoms with Crippen molar-refractivity contribution in [1.82, 2.24) is 4.98 Å². The molecule has 1 aromatic heterocycles. The van der Waals surface area contributed by atoms with E-state index in [0.29, 0.717) is 15.9 Å². The molecule has 0 aliphatic heterocycles. The fraction of sp³-hybridized carbons (Fsp3) is 0.167. The second-order valence-electron chi connectivity index (χ2n) is 1.55. The third kappa shape index (κ3) is 2.92. The Hall–Kier alpha value is 0.127. The molecule has 0 N–H and O–H groups in total. The van der Waals surface area contributed by atoms with Crippen LogP contribution in [0.15, 0.2) is 6.20 Å². The van der Waals surface area contributed by atoms with Crippen LogP contribution in [0.1, 0.15) is 0 Å². The summed E-state index contributed by atoms with van der Waals surface area (Å²) in [5.74, 6) is 0.342. The fourth-order valence-electron chi connectivity index (χ4n) is 0.462. The van der Waals surface area contributed by atoms with E-state index in [-0.39, 0.29) is 18.9 Å². The largest absolute Gasteiger partial charge is 1.00 e. The van der Waals surface area contributed by atoms with E-state index < -0.39 is 0 Å². The number of rotatable bonds is 1. The Morgan fingerprint density at radius 3 is 2.64 bits per heavy atom. The second kappa shape index (κ2) is 4.90. The number of methoxy groups -OCH3 is 1. The molecule has 0 unspecified atom stereocenters. The monoisotopic (exact) mass is 183 g/mol. The molecule has 0 aliphatic rings. The van der Waals surface area contributed by atoms with Crippen molar-refractivity contribution in [3.05, 3.63) is 22.3 Å². The molecule has 1 aromatic rings. The SMILES string of the molecule is COc1[c-]c(Cl)c(Cl)cn1.[Li+]. The third-order valence-corrected chi connectivity index (χ3v) is 1.60. The molecule has 54 valence electrons. The Labute approximate surface area is 87.0 Å². The van der Waals surface area contributed by atoms with Crippen molar-refractivity contribution in [2.24, 2.45) is 0 Å². The molecular weight excluding hydrogens is 180 g/mol. The van der Waals surface area contributed by atoms with Gasteiger partial charge in [0.25, 0.3) is 0 Å². The summed E-state index contributed by atoms with van der Waals surface area (Å²) < 4.78 is 4.74. The number of halogens is 2. The summed E-state index contributed by atoms with van der Waals surface area (Å²) in [7, 11) is 1.49. The third-order valence-electron chi connectivity index (χ3n) is 0.915. The van der Waals surface area contributed by atoms with Crippen molar-refractivity contribution in [3.63, 3.8) is 0 Å². The minimum atomic E-state index is 0. The van der Waals surface area contributed by atoms with Crippen LogP contribution in [-0.2, 0) is 0 Å². The number of aromatic nitrogens is 1. The summed E-state index contributed by atoms with van der Waals surface area (Å²) in [6, 6.07) is 2.63. The van der Waals surface area contributed by atoms with Crippen LogP contribution in [0.5, 0.6) is 5.88 Å². The molecule has 2 nitrogen and oxygen atoms in total. The Kier molecular flexibility index (Phi) is 4.95. The van der Waals surface area contributed by atoms with E-state index in [9.17, 15) is 0 Å². The molecule has 0 saturated carbocycles. The van der Waals surface area contributed by atoms with Gasteiger partial charge in [-0.2, -0.15) is 6.07 Å². The van der Waals surface area contributed by atoms with E-state index in [1.807, 2.05) is 0 Å². The molecule has 1 heterocycles. The summed E-state index contributed by atoms with van der Waals surface area (Å²) in [6.45, 7) is 0. The zero-order valence-corrected chi connectivity index (χ0v) is 7.70. The standard InChI is InChI=1S/C6H4Cl2NO.Li/c1-10-6-2-4(7)5(8)3-9-6;/h3H,1H3;/q-1;+1. The number of hydrogen-bond donors (Lipinski definition) is 0. The zero-order valence-electron chi connectivity index (χ0n) is 6.19. The van der Waals surface area contributed by atoms with Gasteiger partial charge in [-0.15, -0.1) is 16.6 Å². The van der Waals surface area contributed by atoms with Gasteiger partial charge in [-0.3, -0.25) is 4.98 Å². The van der Waals surface area contributed by atoms with Gasteiger partial charge in [0.1, 0.15) is 5.88 Å². The molecule has 0 radical (unpaired) electrons. The average Bonchev–Trinajstić information content (AvgIpc) is 1.95. The summed E-state index contributed by atoms with van der Waals surface area (Å²) in [5, 5.41) is 0.705. The minimum absolute atomic E-state index is 0. The quantitative estimate of drug-likeness (QED) is 0.421. The maximum absolute atomic E-state index is 5.59. The predicted molar refractivity (Wildman–Crippen MR) is 39.6 cm³/mol. The zero-order chi connectivity index (χ0) is 7.56. The smallest absolute Gasteiger partial charge is 0.497 e. The van der Waals surface area contributed by atoms with E-state index in [4.69, 9.17) is 27.9 Å². The van der Waals surface area contributed by atoms with Crippen molar-refractivity contribution in [2.45, 2.75) is 0 Å². The van der Waals surface area contributed by atoms with E-state index >= 15 is 0 Å². The van der Waals surface area contributed by atoms with E-state index in [1.54, 1.807) is 0 Å². The van der Waals surface area contributed by atoms with Crippen molar-refractivity contribution in [3.8, 4) is 5.88 Å². The molecule has 0 fully saturated rings. The maximum Gasteiger partial charge on any atom is 1.00 e. The van der Waals surface area contributed by atoms with Crippen LogP contribution in [0, 0.1) is 6.07 Å². The van der Waals surface area contributed by atoms with Gasteiger partial charge < -0.3 is 4.74 Å². The van der Waals surface area contributed by atoms with Crippen LogP contribution in [0.4, 0.5) is 0 Å². The van der Waals surface area contributed by atoms with Gasteiger partial charge in [0, 0.05) is 0 Å². The number of pyridine rings is 1. The van der Waals surface area contributed by atoms with E-state index in [0.717, 1.165) is 0 Å². The fourth-order valence-corrected chi connectivity index (χ4v) is 0.687. The molecule has 0 aliphatic carbocycles. The van der Waals surface area contributed by atoms with Crippen LogP contribution in [0.3, 0.4) is 0 Å². The van der Waals surface area contributed by atoms with Crippen LogP contribution >= 0.6 is 23.2 Å². The molecule has 0 atom stereocenters. The van der Waals surface area contributed by atoms with Crippen LogP contribution < -0.4 is 23.6 Å². The molecule has 11 heavy (non-hydrogen) atoms. The van der Waals surface area contributed by atoms with E-state index in [1.165, 1.54) is 13.3 Å². The van der Waals surface area contributed by atoms with Gasteiger partial charge >= 0.3 is 18.9 Å². The summed E-state index contributed by atoms with van der Waals surface area (Å²) in [6.07, 6.45) is 1.42. The Morgan fingerprint density at radius 1 is 1.55 bits per heavy atom. The molecular formula is C6H4Cl2LiNO. The van der Waals surface area contributed by atoms with Crippen LogP contribution in [0.25, 0.3) is 0 Å². The first kappa shape index (κ1) is 11.1. The topological polar surface area (TPSA) is 22.1 Å². The summed E-state index contributed by atoms with van der Waals surface area (Å²) >= 11 is 11.1. The molecule has 0 spiro atoms. The van der Waals surface area contributed by atoms with Gasteiger partial charge in [0.15, 0.2) is 0 Å². The minimum Gasteiger partial charge on any atom is -0.497 e. The Balaban J connectivity index is 0.000001000. The molecule has 1 rings (SSSR count). The van der Waals surface area contributed by atoms with Crippen LogP contribution in [-0.4, -0.2) is 12.1 Å². The number of ether oxygens (including phenoxy) is 1. The molecule has 0 bridgehead atoms. The maximum atomic E-state index is 5.59. The first-order chi connectivity index (χ1) is 4.74. The van der Waals surface area contributed by atoms with Gasteiger partial charge in [-0.1, -0.05) is 5.02 Å². The average molecular weight is 184 g/mol.